The van der Waals surface area contributed by atoms with E-state index >= 15 is 0 Å². The van der Waals surface area contributed by atoms with Gasteiger partial charge in [0.25, 0.3) is 0 Å². The third-order valence-corrected chi connectivity index (χ3v) is 5.48. The summed E-state index contributed by atoms with van der Waals surface area (Å²) in [5.74, 6) is 1.14. The van der Waals surface area contributed by atoms with Crippen LogP contribution >= 0.6 is 0 Å². The zero-order valence-corrected chi connectivity index (χ0v) is 16.2. The maximum absolute atomic E-state index is 12.3. The molecule has 2 fully saturated rings. The Labute approximate surface area is 165 Å². The summed E-state index contributed by atoms with van der Waals surface area (Å²) < 4.78 is 1.80. The Hall–Kier alpha value is -2.36. The molecule has 0 bridgehead atoms. The number of hydrogen-bond donors (Lipinski definition) is 1. The molecule has 2 aromatic rings. The van der Waals surface area contributed by atoms with E-state index in [9.17, 15) is 4.79 Å². The second-order valence-electron chi connectivity index (χ2n) is 7.34. The van der Waals surface area contributed by atoms with E-state index in [1.54, 1.807) is 4.68 Å². The number of carbonyl (C=O) groups is 1. The van der Waals surface area contributed by atoms with Crippen LogP contribution < -0.4 is 5.32 Å². The average Bonchev–Trinajstić information content (AvgIpc) is 3.22. The molecule has 28 heavy (non-hydrogen) atoms. The molecule has 0 atom stereocenters. The first-order valence-electron chi connectivity index (χ1n) is 10.1. The predicted octanol–water partition coefficient (Wildman–Crippen LogP) is -0.398. The second kappa shape index (κ2) is 9.22. The first-order valence-corrected chi connectivity index (χ1v) is 10.1. The topological polar surface area (TPSA) is 82.4 Å². The molecule has 3 heterocycles. The number of carbonyl (C=O) groups excluding carboxylic acids is 1. The molecule has 0 unspecified atom stereocenters. The molecule has 0 saturated carbocycles. The first-order chi connectivity index (χ1) is 13.8. The fraction of sp³-hybridized carbons (Fsp3) is 0.579. The number of rotatable bonds is 6. The minimum absolute atomic E-state index is 0.283. The zero-order chi connectivity index (χ0) is 19.2. The summed E-state index contributed by atoms with van der Waals surface area (Å²) in [6, 6.07) is 9.97. The molecule has 4 rings (SSSR count). The Morgan fingerprint density at radius 3 is 2.43 bits per heavy atom. The van der Waals surface area contributed by atoms with E-state index in [1.807, 2.05) is 35.2 Å². The van der Waals surface area contributed by atoms with E-state index in [0.717, 1.165) is 77.0 Å². The minimum Gasteiger partial charge on any atom is -0.340 e. The van der Waals surface area contributed by atoms with Gasteiger partial charge in [0.1, 0.15) is 0 Å². The molecule has 1 N–H and O–H groups in total. The quantitative estimate of drug-likeness (QED) is 0.726. The smallest absolute Gasteiger partial charge is 0.223 e. The van der Waals surface area contributed by atoms with Crippen molar-refractivity contribution in [2.24, 2.45) is 0 Å². The molecule has 2 aliphatic rings. The Bertz CT molecular complexity index is 750. The number of hydrogen-bond acceptors (Lipinski definition) is 7. The van der Waals surface area contributed by atoms with Gasteiger partial charge in [-0.25, -0.2) is 0 Å². The highest BCUT2D eigenvalue weighted by Crippen LogP contribution is 2.11. The Morgan fingerprint density at radius 2 is 1.68 bits per heavy atom. The molecule has 9 nitrogen and oxygen atoms in total. The third-order valence-electron chi connectivity index (χ3n) is 5.48. The molecule has 2 saturated heterocycles. The van der Waals surface area contributed by atoms with Crippen LogP contribution in [0.1, 0.15) is 12.2 Å². The van der Waals surface area contributed by atoms with Gasteiger partial charge in [0.2, 0.25) is 5.91 Å². The van der Waals surface area contributed by atoms with Gasteiger partial charge in [0, 0.05) is 65.3 Å². The highest BCUT2D eigenvalue weighted by Gasteiger charge is 2.21. The van der Waals surface area contributed by atoms with Gasteiger partial charge in [0.15, 0.2) is 5.82 Å². The van der Waals surface area contributed by atoms with Crippen molar-refractivity contribution >= 4 is 5.91 Å². The van der Waals surface area contributed by atoms with E-state index in [-0.39, 0.29) is 5.91 Å². The standard InChI is InChI=1S/C19H28N8O/c28-19(26-10-7-20-8-11-26)6-9-24-12-14-25(15-13-24)16-18-21-22-23-27(18)17-4-2-1-3-5-17/h1-5,20H,6-16H2. The number of para-hydroxylation sites is 1. The maximum Gasteiger partial charge on any atom is 0.223 e. The highest BCUT2D eigenvalue weighted by molar-refractivity contribution is 5.76. The van der Waals surface area contributed by atoms with E-state index < -0.39 is 0 Å². The summed E-state index contributed by atoms with van der Waals surface area (Å²) in [4.78, 5) is 19.1. The van der Waals surface area contributed by atoms with E-state index in [4.69, 9.17) is 0 Å². The number of nitrogens with one attached hydrogen (secondary N) is 1. The van der Waals surface area contributed by atoms with Crippen molar-refractivity contribution in [1.29, 1.82) is 0 Å². The summed E-state index contributed by atoms with van der Waals surface area (Å²) in [6.07, 6.45) is 0.617. The molecule has 1 amide bonds. The van der Waals surface area contributed by atoms with Gasteiger partial charge < -0.3 is 15.1 Å². The molecule has 1 aromatic carbocycles. The molecule has 9 heteroatoms. The molecule has 150 valence electrons. The third kappa shape index (κ3) is 4.73. The number of tetrazole rings is 1. The van der Waals surface area contributed by atoms with Crippen LogP contribution in [0.2, 0.25) is 0 Å². The Balaban J connectivity index is 1.23. The zero-order valence-electron chi connectivity index (χ0n) is 16.2. The van der Waals surface area contributed by atoms with Gasteiger partial charge in [-0.05, 0) is 22.6 Å². The number of nitrogens with zero attached hydrogens (tertiary/aromatic N) is 7. The highest BCUT2D eigenvalue weighted by atomic mass is 16.2. The lowest BCUT2D eigenvalue weighted by Gasteiger charge is -2.35. The van der Waals surface area contributed by atoms with Crippen molar-refractivity contribution in [1.82, 2.24) is 40.2 Å². The first kappa shape index (κ1) is 19.0. The Morgan fingerprint density at radius 1 is 0.964 bits per heavy atom. The fourth-order valence-corrected chi connectivity index (χ4v) is 3.77. The van der Waals surface area contributed by atoms with E-state index in [0.29, 0.717) is 6.42 Å². The lowest BCUT2D eigenvalue weighted by molar-refractivity contribution is -0.132. The largest absolute Gasteiger partial charge is 0.340 e. The summed E-state index contributed by atoms with van der Waals surface area (Å²) in [5, 5.41) is 15.5. The molecule has 0 spiro atoms. The molecule has 0 aliphatic carbocycles. The van der Waals surface area contributed by atoms with E-state index in [1.165, 1.54) is 0 Å². The average molecular weight is 384 g/mol. The monoisotopic (exact) mass is 384 g/mol. The van der Waals surface area contributed by atoms with Crippen molar-refractivity contribution in [3.63, 3.8) is 0 Å². The van der Waals surface area contributed by atoms with Crippen molar-refractivity contribution in [3.05, 3.63) is 36.2 Å². The van der Waals surface area contributed by atoms with Crippen LogP contribution in [-0.2, 0) is 11.3 Å². The summed E-state index contributed by atoms with van der Waals surface area (Å²) >= 11 is 0. The van der Waals surface area contributed by atoms with Gasteiger partial charge in [-0.2, -0.15) is 4.68 Å². The van der Waals surface area contributed by atoms with Crippen LogP contribution in [0.3, 0.4) is 0 Å². The Kier molecular flexibility index (Phi) is 6.25. The predicted molar refractivity (Wildman–Crippen MR) is 105 cm³/mol. The van der Waals surface area contributed by atoms with Crippen LogP contribution in [0.25, 0.3) is 5.69 Å². The lowest BCUT2D eigenvalue weighted by Crippen LogP contribution is -2.49. The minimum atomic E-state index is 0.283. The maximum atomic E-state index is 12.3. The van der Waals surface area contributed by atoms with Gasteiger partial charge in [-0.1, -0.05) is 18.2 Å². The van der Waals surface area contributed by atoms with Crippen LogP contribution in [0.5, 0.6) is 0 Å². The van der Waals surface area contributed by atoms with Crippen molar-refractivity contribution in [2.45, 2.75) is 13.0 Å². The summed E-state index contributed by atoms with van der Waals surface area (Å²) in [7, 11) is 0. The summed E-state index contributed by atoms with van der Waals surface area (Å²) in [6.45, 7) is 8.94. The normalized spacial score (nSPS) is 19.1. The van der Waals surface area contributed by atoms with Crippen molar-refractivity contribution < 1.29 is 4.79 Å². The van der Waals surface area contributed by atoms with Crippen LogP contribution in [0.4, 0.5) is 0 Å². The lowest BCUT2D eigenvalue weighted by atomic mass is 10.2. The second-order valence-corrected chi connectivity index (χ2v) is 7.34. The number of aromatic nitrogens is 4. The van der Waals surface area contributed by atoms with Crippen molar-refractivity contribution in [2.75, 3.05) is 58.9 Å². The van der Waals surface area contributed by atoms with Crippen LogP contribution in [0.15, 0.2) is 30.3 Å². The van der Waals surface area contributed by atoms with E-state index in [2.05, 4.69) is 30.6 Å². The van der Waals surface area contributed by atoms with Gasteiger partial charge in [-0.3, -0.25) is 9.69 Å². The van der Waals surface area contributed by atoms with Crippen LogP contribution in [-0.4, -0.2) is 99.7 Å². The molecule has 2 aliphatic heterocycles. The number of benzene rings is 1. The number of amides is 1. The molecular formula is C19H28N8O. The van der Waals surface area contributed by atoms with Gasteiger partial charge in [-0.15, -0.1) is 5.10 Å². The summed E-state index contributed by atoms with van der Waals surface area (Å²) in [5.41, 5.74) is 0.979. The van der Waals surface area contributed by atoms with Crippen molar-refractivity contribution in [3.8, 4) is 5.69 Å². The SMILES string of the molecule is O=C(CCN1CCN(Cc2nnnn2-c2ccccc2)CC1)N1CCNCC1. The van der Waals surface area contributed by atoms with Crippen LogP contribution in [0, 0.1) is 0 Å². The molecule has 1 aromatic heterocycles. The van der Waals surface area contributed by atoms with Gasteiger partial charge >= 0.3 is 0 Å². The molecular weight excluding hydrogens is 356 g/mol. The van der Waals surface area contributed by atoms with Gasteiger partial charge in [0.05, 0.1) is 12.2 Å². The fourth-order valence-electron chi connectivity index (χ4n) is 3.77. The number of piperazine rings is 2. The molecule has 0 radical (unpaired) electrons.